The number of carboxylic acid groups (broad SMARTS) is 1. The first-order valence-corrected chi connectivity index (χ1v) is 4.11. The van der Waals surface area contributed by atoms with Crippen molar-refractivity contribution < 1.29 is 23.4 Å². The molecule has 0 saturated carbocycles. The molecule has 0 fully saturated rings. The number of ether oxygens (including phenoxy) is 1. The zero-order valence-electron chi connectivity index (χ0n) is 7.50. The summed E-state index contributed by atoms with van der Waals surface area (Å²) in [5.74, 6) is -1.70. The molecule has 82 valence electrons. The number of carbonyl (C=O) groups is 1. The SMILES string of the molecule is COc1cc(C(F)F)c(Cl)c(C(=O)O)n1. The number of nitrogens with zero attached hydrogens (tertiary/aromatic N) is 1. The topological polar surface area (TPSA) is 59.4 Å². The maximum absolute atomic E-state index is 12.4. The van der Waals surface area contributed by atoms with Gasteiger partial charge in [-0.2, -0.15) is 0 Å². The van der Waals surface area contributed by atoms with E-state index in [1.165, 1.54) is 7.11 Å². The van der Waals surface area contributed by atoms with Gasteiger partial charge < -0.3 is 9.84 Å². The van der Waals surface area contributed by atoms with Gasteiger partial charge in [-0.15, -0.1) is 0 Å². The molecule has 0 aromatic carbocycles. The van der Waals surface area contributed by atoms with Crippen LogP contribution in [-0.4, -0.2) is 23.2 Å². The Hall–Kier alpha value is -1.43. The van der Waals surface area contributed by atoms with Crippen molar-refractivity contribution >= 4 is 17.6 Å². The molecular formula is C8H6ClF2NO3. The number of methoxy groups -OCH3 is 1. The second kappa shape index (κ2) is 4.39. The van der Waals surface area contributed by atoms with E-state index in [0.717, 1.165) is 6.07 Å². The van der Waals surface area contributed by atoms with E-state index < -0.39 is 28.7 Å². The fraction of sp³-hybridized carbons (Fsp3) is 0.250. The fourth-order valence-electron chi connectivity index (χ4n) is 0.930. The number of rotatable bonds is 3. The highest BCUT2D eigenvalue weighted by Gasteiger charge is 2.21. The minimum Gasteiger partial charge on any atom is -0.481 e. The van der Waals surface area contributed by atoms with E-state index in [4.69, 9.17) is 16.7 Å². The molecule has 0 radical (unpaired) electrons. The van der Waals surface area contributed by atoms with E-state index in [9.17, 15) is 13.6 Å². The first-order valence-electron chi connectivity index (χ1n) is 3.73. The number of alkyl halides is 2. The molecule has 7 heteroatoms. The van der Waals surface area contributed by atoms with Crippen LogP contribution in [-0.2, 0) is 0 Å². The Morgan fingerprint density at radius 3 is 2.67 bits per heavy atom. The molecule has 0 saturated heterocycles. The van der Waals surface area contributed by atoms with Gasteiger partial charge in [-0.3, -0.25) is 0 Å². The van der Waals surface area contributed by atoms with E-state index >= 15 is 0 Å². The van der Waals surface area contributed by atoms with E-state index in [1.54, 1.807) is 0 Å². The molecule has 1 rings (SSSR count). The third-order valence-corrected chi connectivity index (χ3v) is 2.01. The number of hydrogen-bond donors (Lipinski definition) is 1. The number of hydrogen-bond acceptors (Lipinski definition) is 3. The molecule has 1 aromatic rings. The third kappa shape index (κ3) is 2.33. The summed E-state index contributed by atoms with van der Waals surface area (Å²) in [5.41, 5.74) is -1.26. The highest BCUT2D eigenvalue weighted by molar-refractivity contribution is 6.34. The van der Waals surface area contributed by atoms with Crippen LogP contribution in [0.2, 0.25) is 5.02 Å². The quantitative estimate of drug-likeness (QED) is 0.877. The van der Waals surface area contributed by atoms with E-state index in [2.05, 4.69) is 9.72 Å². The maximum Gasteiger partial charge on any atom is 0.356 e. The summed E-state index contributed by atoms with van der Waals surface area (Å²) in [6.45, 7) is 0. The predicted molar refractivity (Wildman–Crippen MR) is 47.7 cm³/mol. The lowest BCUT2D eigenvalue weighted by atomic mass is 10.2. The van der Waals surface area contributed by atoms with Crippen LogP contribution in [0, 0.1) is 0 Å². The lowest BCUT2D eigenvalue weighted by molar-refractivity contribution is 0.0689. The van der Waals surface area contributed by atoms with Crippen LogP contribution in [0.1, 0.15) is 22.5 Å². The Morgan fingerprint density at radius 1 is 1.67 bits per heavy atom. The van der Waals surface area contributed by atoms with Gasteiger partial charge in [-0.05, 0) is 0 Å². The fourth-order valence-corrected chi connectivity index (χ4v) is 1.19. The predicted octanol–water partition coefficient (Wildman–Crippen LogP) is 2.38. The Bertz CT molecular complexity index is 398. The van der Waals surface area contributed by atoms with Crippen LogP contribution < -0.4 is 4.74 Å². The molecule has 0 unspecified atom stereocenters. The third-order valence-electron chi connectivity index (χ3n) is 1.61. The van der Waals surface area contributed by atoms with Crippen LogP contribution in [0.25, 0.3) is 0 Å². The van der Waals surface area contributed by atoms with Gasteiger partial charge in [0.1, 0.15) is 0 Å². The molecule has 0 aliphatic carbocycles. The molecule has 1 N–H and O–H groups in total. The zero-order chi connectivity index (χ0) is 11.6. The van der Waals surface area contributed by atoms with Gasteiger partial charge in [0.25, 0.3) is 6.43 Å². The number of aromatic nitrogens is 1. The minimum absolute atomic E-state index is 0.216. The van der Waals surface area contributed by atoms with Gasteiger partial charge in [-0.1, -0.05) is 11.6 Å². The van der Waals surface area contributed by atoms with Crippen LogP contribution in [0.3, 0.4) is 0 Å². The zero-order valence-corrected chi connectivity index (χ0v) is 8.26. The molecule has 0 spiro atoms. The summed E-state index contributed by atoms with van der Waals surface area (Å²) in [7, 11) is 1.19. The number of pyridine rings is 1. The molecule has 15 heavy (non-hydrogen) atoms. The monoisotopic (exact) mass is 237 g/mol. The van der Waals surface area contributed by atoms with Gasteiger partial charge in [-0.25, -0.2) is 18.6 Å². The van der Waals surface area contributed by atoms with E-state index in [-0.39, 0.29) is 5.88 Å². The van der Waals surface area contributed by atoms with Gasteiger partial charge in [0.2, 0.25) is 5.88 Å². The number of aromatic carboxylic acids is 1. The average Bonchev–Trinajstić information content (AvgIpc) is 2.17. The molecular weight excluding hydrogens is 232 g/mol. The van der Waals surface area contributed by atoms with Crippen molar-refractivity contribution in [3.05, 3.63) is 22.3 Å². The second-order valence-electron chi connectivity index (χ2n) is 2.52. The molecule has 0 aliphatic heterocycles. The summed E-state index contributed by atoms with van der Waals surface area (Å²) in [4.78, 5) is 14.1. The molecule has 0 aliphatic rings. The normalized spacial score (nSPS) is 10.5. The molecule has 1 heterocycles. The van der Waals surface area contributed by atoms with Crippen molar-refractivity contribution in [2.75, 3.05) is 7.11 Å². The first-order chi connectivity index (χ1) is 6.97. The van der Waals surface area contributed by atoms with Gasteiger partial charge in [0.05, 0.1) is 12.1 Å². The number of halogens is 3. The molecule has 0 amide bonds. The van der Waals surface area contributed by atoms with E-state index in [1.807, 2.05) is 0 Å². The standard InChI is InChI=1S/C8H6ClF2NO3/c1-15-4-2-3(7(10)11)5(9)6(12-4)8(13)14/h2,7H,1H3,(H,13,14). The second-order valence-corrected chi connectivity index (χ2v) is 2.90. The molecule has 1 aromatic heterocycles. The van der Waals surface area contributed by atoms with Crippen LogP contribution in [0.5, 0.6) is 5.88 Å². The minimum atomic E-state index is -2.88. The maximum atomic E-state index is 12.4. The largest absolute Gasteiger partial charge is 0.481 e. The Kier molecular flexibility index (Phi) is 3.41. The van der Waals surface area contributed by atoms with Crippen molar-refractivity contribution in [2.45, 2.75) is 6.43 Å². The summed E-state index contributed by atoms with van der Waals surface area (Å²) in [6.07, 6.45) is -2.88. The van der Waals surface area contributed by atoms with Crippen molar-refractivity contribution in [1.82, 2.24) is 4.98 Å². The molecule has 0 atom stereocenters. The summed E-state index contributed by atoms with van der Waals surface area (Å²) >= 11 is 5.45. The van der Waals surface area contributed by atoms with Crippen LogP contribution in [0.15, 0.2) is 6.07 Å². The van der Waals surface area contributed by atoms with Crippen LogP contribution >= 0.6 is 11.6 Å². The lowest BCUT2D eigenvalue weighted by Crippen LogP contribution is -2.05. The summed E-state index contributed by atoms with van der Waals surface area (Å²) in [5, 5.41) is 8.07. The molecule has 4 nitrogen and oxygen atoms in total. The van der Waals surface area contributed by atoms with Crippen molar-refractivity contribution in [2.24, 2.45) is 0 Å². The van der Waals surface area contributed by atoms with Gasteiger partial charge in [0.15, 0.2) is 5.69 Å². The average molecular weight is 238 g/mol. The number of carboxylic acids is 1. The van der Waals surface area contributed by atoms with Gasteiger partial charge >= 0.3 is 5.97 Å². The van der Waals surface area contributed by atoms with Gasteiger partial charge in [0, 0.05) is 11.6 Å². The smallest absolute Gasteiger partial charge is 0.356 e. The van der Waals surface area contributed by atoms with E-state index in [0.29, 0.717) is 0 Å². The first kappa shape index (κ1) is 11.6. The highest BCUT2D eigenvalue weighted by atomic mass is 35.5. The summed E-state index contributed by atoms with van der Waals surface area (Å²) in [6, 6.07) is 0.902. The van der Waals surface area contributed by atoms with Crippen molar-refractivity contribution in [1.29, 1.82) is 0 Å². The molecule has 0 bridgehead atoms. The lowest BCUT2D eigenvalue weighted by Gasteiger charge is -2.07. The van der Waals surface area contributed by atoms with Crippen LogP contribution in [0.4, 0.5) is 8.78 Å². The van der Waals surface area contributed by atoms with Crippen molar-refractivity contribution in [3.63, 3.8) is 0 Å². The Labute approximate surface area is 88.4 Å². The Balaban J connectivity index is 3.40. The highest BCUT2D eigenvalue weighted by Crippen LogP contribution is 2.31. The Morgan fingerprint density at radius 2 is 2.27 bits per heavy atom. The van der Waals surface area contributed by atoms with Crippen molar-refractivity contribution in [3.8, 4) is 5.88 Å². The summed E-state index contributed by atoms with van der Waals surface area (Å²) < 4.78 is 29.4.